The Morgan fingerprint density at radius 1 is 1.50 bits per heavy atom. The number of carbonyl (C=O) groups is 1. The van der Waals surface area contributed by atoms with Gasteiger partial charge in [-0.25, -0.2) is 4.79 Å². The summed E-state index contributed by atoms with van der Waals surface area (Å²) in [6.45, 7) is 9.15. The molecule has 0 bridgehead atoms. The minimum absolute atomic E-state index is 0.190. The van der Waals surface area contributed by atoms with Crippen LogP contribution in [-0.4, -0.2) is 53.2 Å². The third-order valence-corrected chi connectivity index (χ3v) is 3.68. The van der Waals surface area contributed by atoms with E-state index in [9.17, 15) is 4.79 Å². The van der Waals surface area contributed by atoms with Crippen molar-refractivity contribution in [1.29, 1.82) is 0 Å². The fraction of sp³-hybridized carbons (Fsp3) is 0.647. The van der Waals surface area contributed by atoms with Gasteiger partial charge in [-0.15, -0.1) is 0 Å². The number of likely N-dealkylation sites (tertiary alicyclic amines) is 1. The maximum absolute atomic E-state index is 12.1. The van der Waals surface area contributed by atoms with E-state index >= 15 is 0 Å². The summed E-state index contributed by atoms with van der Waals surface area (Å²) in [5.74, 6) is 0.509. The molecule has 2 heterocycles. The average Bonchev–Trinajstić information content (AvgIpc) is 2.86. The summed E-state index contributed by atoms with van der Waals surface area (Å²) in [6.07, 6.45) is 4.54. The summed E-state index contributed by atoms with van der Waals surface area (Å²) in [4.78, 5) is 20.3. The van der Waals surface area contributed by atoms with E-state index in [1.54, 1.807) is 6.20 Å². The number of carbonyl (C=O) groups excluding carboxylic acids is 1. The third kappa shape index (κ3) is 5.30. The average molecular weight is 305 g/mol. The lowest BCUT2D eigenvalue weighted by Gasteiger charge is -2.25. The first-order valence-corrected chi connectivity index (χ1v) is 7.89. The van der Waals surface area contributed by atoms with Crippen LogP contribution >= 0.6 is 0 Å². The van der Waals surface area contributed by atoms with Crippen molar-refractivity contribution in [2.75, 3.05) is 26.7 Å². The number of pyridine rings is 1. The van der Waals surface area contributed by atoms with Crippen molar-refractivity contribution in [3.63, 3.8) is 0 Å². The molecule has 1 saturated heterocycles. The van der Waals surface area contributed by atoms with Crippen LogP contribution in [0.2, 0.25) is 0 Å². The number of hydrogen-bond donors (Lipinski definition) is 0. The number of aromatic nitrogens is 1. The fourth-order valence-corrected chi connectivity index (χ4v) is 2.78. The molecule has 1 aromatic rings. The second-order valence-electron chi connectivity index (χ2n) is 7.14. The van der Waals surface area contributed by atoms with Crippen molar-refractivity contribution in [3.05, 3.63) is 30.1 Å². The Bertz CT molecular complexity index is 484. The Hall–Kier alpha value is -1.62. The first-order chi connectivity index (χ1) is 10.3. The van der Waals surface area contributed by atoms with Crippen LogP contribution in [0.25, 0.3) is 0 Å². The molecule has 5 nitrogen and oxygen atoms in total. The molecule has 2 rings (SSSR count). The summed E-state index contributed by atoms with van der Waals surface area (Å²) >= 11 is 0. The zero-order valence-electron chi connectivity index (χ0n) is 14.1. The van der Waals surface area contributed by atoms with Crippen molar-refractivity contribution in [2.45, 2.75) is 39.3 Å². The third-order valence-electron chi connectivity index (χ3n) is 3.68. The lowest BCUT2D eigenvalue weighted by molar-refractivity contribution is 0.0285. The molecular weight excluding hydrogens is 278 g/mol. The lowest BCUT2D eigenvalue weighted by atomic mass is 10.1. The molecule has 0 spiro atoms. The summed E-state index contributed by atoms with van der Waals surface area (Å²) < 4.78 is 5.44. The quantitative estimate of drug-likeness (QED) is 0.858. The molecular formula is C17H27N3O2. The largest absolute Gasteiger partial charge is 0.444 e. The molecule has 22 heavy (non-hydrogen) atoms. The van der Waals surface area contributed by atoms with Crippen molar-refractivity contribution < 1.29 is 9.53 Å². The van der Waals surface area contributed by atoms with Gasteiger partial charge in [0.1, 0.15) is 5.60 Å². The molecule has 0 N–H and O–H groups in total. The van der Waals surface area contributed by atoms with Gasteiger partial charge in [0.25, 0.3) is 0 Å². The molecule has 1 unspecified atom stereocenters. The van der Waals surface area contributed by atoms with E-state index < -0.39 is 5.60 Å². The van der Waals surface area contributed by atoms with Gasteiger partial charge in [0.2, 0.25) is 0 Å². The van der Waals surface area contributed by atoms with Gasteiger partial charge in [0.15, 0.2) is 0 Å². The van der Waals surface area contributed by atoms with Gasteiger partial charge in [-0.2, -0.15) is 0 Å². The molecule has 5 heteroatoms. The van der Waals surface area contributed by atoms with E-state index in [0.29, 0.717) is 5.92 Å². The lowest BCUT2D eigenvalue weighted by Crippen LogP contribution is -2.36. The van der Waals surface area contributed by atoms with Gasteiger partial charge in [-0.05, 0) is 51.8 Å². The van der Waals surface area contributed by atoms with Crippen LogP contribution in [0.1, 0.15) is 32.8 Å². The van der Waals surface area contributed by atoms with Crippen LogP contribution in [0, 0.1) is 5.92 Å². The highest BCUT2D eigenvalue weighted by molar-refractivity contribution is 5.68. The first-order valence-electron chi connectivity index (χ1n) is 7.89. The van der Waals surface area contributed by atoms with Crippen LogP contribution in [0.3, 0.4) is 0 Å². The van der Waals surface area contributed by atoms with Gasteiger partial charge in [-0.3, -0.25) is 4.98 Å². The van der Waals surface area contributed by atoms with Gasteiger partial charge in [0, 0.05) is 38.6 Å². The van der Waals surface area contributed by atoms with Crippen LogP contribution in [0.5, 0.6) is 0 Å². The van der Waals surface area contributed by atoms with Gasteiger partial charge in [-0.1, -0.05) is 6.07 Å². The summed E-state index contributed by atoms with van der Waals surface area (Å²) in [7, 11) is 2.11. The maximum atomic E-state index is 12.1. The molecule has 0 saturated carbocycles. The van der Waals surface area contributed by atoms with E-state index in [4.69, 9.17) is 4.74 Å². The second-order valence-corrected chi connectivity index (χ2v) is 7.14. The van der Waals surface area contributed by atoms with Gasteiger partial charge in [0.05, 0.1) is 0 Å². The van der Waals surface area contributed by atoms with E-state index in [1.807, 2.05) is 37.9 Å². The molecule has 0 aliphatic carbocycles. The zero-order valence-corrected chi connectivity index (χ0v) is 14.1. The summed E-state index contributed by atoms with van der Waals surface area (Å²) in [5, 5.41) is 0. The number of rotatable bonds is 4. The Labute approximate surface area is 133 Å². The molecule has 122 valence electrons. The predicted molar refractivity (Wildman–Crippen MR) is 86.5 cm³/mol. The smallest absolute Gasteiger partial charge is 0.410 e. The van der Waals surface area contributed by atoms with E-state index in [-0.39, 0.29) is 6.09 Å². The first kappa shape index (κ1) is 16.7. The molecule has 1 aliphatic rings. The molecule has 1 aromatic heterocycles. The fourth-order valence-electron chi connectivity index (χ4n) is 2.78. The summed E-state index contributed by atoms with van der Waals surface area (Å²) in [5.41, 5.74) is 0.790. The number of amides is 1. The molecule has 1 amide bonds. The van der Waals surface area contributed by atoms with Gasteiger partial charge >= 0.3 is 6.09 Å². The highest BCUT2D eigenvalue weighted by Crippen LogP contribution is 2.20. The maximum Gasteiger partial charge on any atom is 0.410 e. The predicted octanol–water partition coefficient (Wildman–Crippen LogP) is 2.77. The minimum atomic E-state index is -0.424. The summed E-state index contributed by atoms with van der Waals surface area (Å²) in [6, 6.07) is 4.05. The van der Waals surface area contributed by atoms with Crippen molar-refractivity contribution in [2.24, 2.45) is 5.92 Å². The van der Waals surface area contributed by atoms with Crippen molar-refractivity contribution in [3.8, 4) is 0 Å². The van der Waals surface area contributed by atoms with Crippen molar-refractivity contribution >= 4 is 6.09 Å². The van der Waals surface area contributed by atoms with Crippen molar-refractivity contribution in [1.82, 2.24) is 14.8 Å². The normalized spacial score (nSPS) is 18.8. The van der Waals surface area contributed by atoms with Crippen LogP contribution in [-0.2, 0) is 11.3 Å². The Morgan fingerprint density at radius 3 is 2.91 bits per heavy atom. The SMILES string of the molecule is CN(Cc1cccnc1)CC1CCN(C(=O)OC(C)(C)C)C1. The highest BCUT2D eigenvalue weighted by Gasteiger charge is 2.30. The monoisotopic (exact) mass is 305 g/mol. The van der Waals surface area contributed by atoms with E-state index in [2.05, 4.69) is 23.0 Å². The van der Waals surface area contributed by atoms with Gasteiger partial charge < -0.3 is 14.5 Å². The zero-order chi connectivity index (χ0) is 16.2. The highest BCUT2D eigenvalue weighted by atomic mass is 16.6. The topological polar surface area (TPSA) is 45.7 Å². The standard InChI is InChI=1S/C17H27N3O2/c1-17(2,3)22-16(21)20-9-7-15(13-20)12-19(4)11-14-6-5-8-18-10-14/h5-6,8,10,15H,7,9,11-13H2,1-4H3. The number of nitrogens with zero attached hydrogens (tertiary/aromatic N) is 3. The minimum Gasteiger partial charge on any atom is -0.444 e. The molecule has 1 aliphatic heterocycles. The van der Waals surface area contributed by atoms with Crippen LogP contribution < -0.4 is 0 Å². The molecule has 0 radical (unpaired) electrons. The van der Waals surface area contributed by atoms with Crippen LogP contribution in [0.15, 0.2) is 24.5 Å². The van der Waals surface area contributed by atoms with E-state index in [0.717, 1.165) is 32.6 Å². The Kier molecular flexibility index (Phi) is 5.40. The number of ether oxygens (including phenoxy) is 1. The second kappa shape index (κ2) is 7.09. The van der Waals surface area contributed by atoms with E-state index in [1.165, 1.54) is 5.56 Å². The van der Waals surface area contributed by atoms with Crippen LogP contribution in [0.4, 0.5) is 4.79 Å². The Morgan fingerprint density at radius 2 is 2.27 bits per heavy atom. The molecule has 1 atom stereocenters. The molecule has 0 aromatic carbocycles. The number of hydrogen-bond acceptors (Lipinski definition) is 4. The molecule has 1 fully saturated rings. The Balaban J connectivity index is 1.77.